The molecule has 0 aromatic rings. The second-order valence-electron chi connectivity index (χ2n) is 7.30. The molecule has 2 aliphatic rings. The Morgan fingerprint density at radius 1 is 0.947 bits per heavy atom. The average Bonchev–Trinajstić information content (AvgIpc) is 2.64. The van der Waals surface area contributed by atoms with Crippen LogP contribution in [-0.4, -0.2) is 13.1 Å². The van der Waals surface area contributed by atoms with Crippen LogP contribution in [0, 0.1) is 23.7 Å². The number of hydrogen-bond acceptors (Lipinski definition) is 1. The quantitative estimate of drug-likeness (QED) is 0.544. The molecule has 19 heavy (non-hydrogen) atoms. The third-order valence-electron chi connectivity index (χ3n) is 5.63. The van der Waals surface area contributed by atoms with Gasteiger partial charge in [-0.2, -0.15) is 0 Å². The predicted molar refractivity (Wildman–Crippen MR) is 84.3 cm³/mol. The molecule has 1 N–H and O–H groups in total. The molecule has 112 valence electrons. The van der Waals surface area contributed by atoms with E-state index in [1.54, 1.807) is 0 Å². The van der Waals surface area contributed by atoms with E-state index in [1.807, 2.05) is 0 Å². The zero-order valence-electron chi connectivity index (χ0n) is 13.3. The van der Waals surface area contributed by atoms with Crippen molar-refractivity contribution in [3.63, 3.8) is 0 Å². The molecule has 2 saturated carbocycles. The first-order valence-corrected chi connectivity index (χ1v) is 9.02. The van der Waals surface area contributed by atoms with Crippen molar-refractivity contribution >= 4 is 0 Å². The fraction of sp³-hybridized carbons (Fsp3) is 1.00. The lowest BCUT2D eigenvalue weighted by molar-refractivity contribution is 0.140. The van der Waals surface area contributed by atoms with Crippen LogP contribution in [0.2, 0.25) is 0 Å². The van der Waals surface area contributed by atoms with Crippen molar-refractivity contribution in [2.24, 2.45) is 23.7 Å². The van der Waals surface area contributed by atoms with E-state index in [0.717, 1.165) is 23.7 Å². The molecule has 0 aromatic carbocycles. The Kier molecular flexibility index (Phi) is 6.70. The van der Waals surface area contributed by atoms with Gasteiger partial charge in [0.2, 0.25) is 0 Å². The molecule has 0 amide bonds. The first-order valence-electron chi connectivity index (χ1n) is 9.02. The van der Waals surface area contributed by atoms with Crippen LogP contribution in [0.4, 0.5) is 0 Å². The summed E-state index contributed by atoms with van der Waals surface area (Å²) in [6.07, 6.45) is 14.8. The van der Waals surface area contributed by atoms with Gasteiger partial charge in [-0.1, -0.05) is 52.4 Å². The van der Waals surface area contributed by atoms with Gasteiger partial charge in [0.05, 0.1) is 0 Å². The van der Waals surface area contributed by atoms with E-state index in [4.69, 9.17) is 0 Å². The monoisotopic (exact) mass is 265 g/mol. The summed E-state index contributed by atoms with van der Waals surface area (Å²) < 4.78 is 0. The van der Waals surface area contributed by atoms with E-state index in [0.29, 0.717) is 0 Å². The van der Waals surface area contributed by atoms with Crippen LogP contribution in [-0.2, 0) is 0 Å². The minimum Gasteiger partial charge on any atom is -0.316 e. The number of hydrogen-bond donors (Lipinski definition) is 1. The van der Waals surface area contributed by atoms with Crippen molar-refractivity contribution in [3.05, 3.63) is 0 Å². The molecule has 0 aromatic heterocycles. The van der Waals surface area contributed by atoms with Crippen LogP contribution >= 0.6 is 0 Å². The second kappa shape index (κ2) is 8.29. The summed E-state index contributed by atoms with van der Waals surface area (Å²) >= 11 is 0. The van der Waals surface area contributed by atoms with Gasteiger partial charge in [-0.25, -0.2) is 0 Å². The van der Waals surface area contributed by atoms with Crippen LogP contribution in [0.5, 0.6) is 0 Å². The average molecular weight is 265 g/mol. The molecule has 2 rings (SSSR count). The molecule has 0 aliphatic heterocycles. The van der Waals surface area contributed by atoms with Crippen molar-refractivity contribution in [1.82, 2.24) is 5.32 Å². The molecule has 2 aliphatic carbocycles. The zero-order chi connectivity index (χ0) is 13.5. The maximum Gasteiger partial charge on any atom is -0.00178 e. The SMILES string of the molecule is CCCNCC1CCCCCC1C1CCCC(C)C1. The highest BCUT2D eigenvalue weighted by Crippen LogP contribution is 2.42. The molecule has 1 nitrogen and oxygen atoms in total. The number of rotatable bonds is 5. The lowest BCUT2D eigenvalue weighted by Crippen LogP contribution is -2.33. The Bertz CT molecular complexity index is 238. The van der Waals surface area contributed by atoms with E-state index < -0.39 is 0 Å². The van der Waals surface area contributed by atoms with Gasteiger partial charge in [0.25, 0.3) is 0 Å². The molecule has 4 unspecified atom stereocenters. The lowest BCUT2D eigenvalue weighted by atomic mass is 9.69. The Balaban J connectivity index is 1.91. The molecule has 1 heteroatoms. The summed E-state index contributed by atoms with van der Waals surface area (Å²) in [4.78, 5) is 0. The highest BCUT2D eigenvalue weighted by atomic mass is 14.9. The van der Waals surface area contributed by atoms with Crippen molar-refractivity contribution in [1.29, 1.82) is 0 Å². The Morgan fingerprint density at radius 2 is 1.79 bits per heavy atom. The van der Waals surface area contributed by atoms with Gasteiger partial charge < -0.3 is 5.32 Å². The van der Waals surface area contributed by atoms with Gasteiger partial charge in [-0.05, 0) is 62.4 Å². The normalized spacial score (nSPS) is 36.9. The van der Waals surface area contributed by atoms with E-state index in [9.17, 15) is 0 Å². The maximum absolute atomic E-state index is 3.71. The van der Waals surface area contributed by atoms with Gasteiger partial charge in [0, 0.05) is 0 Å². The summed E-state index contributed by atoms with van der Waals surface area (Å²) in [6, 6.07) is 0. The van der Waals surface area contributed by atoms with Crippen molar-refractivity contribution in [2.45, 2.75) is 78.1 Å². The van der Waals surface area contributed by atoms with Crippen LogP contribution in [0.15, 0.2) is 0 Å². The molecule has 4 atom stereocenters. The van der Waals surface area contributed by atoms with Gasteiger partial charge >= 0.3 is 0 Å². The molecule has 0 spiro atoms. The standard InChI is InChI=1S/C18H35N/c1-3-12-19-14-17-9-5-4-6-11-18(17)16-10-7-8-15(2)13-16/h15-19H,3-14H2,1-2H3. The first kappa shape index (κ1) is 15.4. The predicted octanol–water partition coefficient (Wildman–Crippen LogP) is 5.01. The number of nitrogens with one attached hydrogen (secondary N) is 1. The topological polar surface area (TPSA) is 12.0 Å². The maximum atomic E-state index is 3.71. The third-order valence-corrected chi connectivity index (χ3v) is 5.63. The van der Waals surface area contributed by atoms with Crippen LogP contribution < -0.4 is 5.32 Å². The minimum absolute atomic E-state index is 0.976. The van der Waals surface area contributed by atoms with Crippen LogP contribution in [0.1, 0.15) is 78.1 Å². The fourth-order valence-electron chi connectivity index (χ4n) is 4.62. The molecule has 2 fully saturated rings. The van der Waals surface area contributed by atoms with Crippen molar-refractivity contribution < 1.29 is 0 Å². The molecule has 0 heterocycles. The Labute approximate surface area is 120 Å². The minimum atomic E-state index is 0.976. The third kappa shape index (κ3) is 4.77. The van der Waals surface area contributed by atoms with Gasteiger partial charge in [0.15, 0.2) is 0 Å². The van der Waals surface area contributed by atoms with E-state index in [-0.39, 0.29) is 0 Å². The van der Waals surface area contributed by atoms with E-state index in [1.165, 1.54) is 77.3 Å². The van der Waals surface area contributed by atoms with E-state index in [2.05, 4.69) is 19.2 Å². The summed E-state index contributed by atoms with van der Waals surface area (Å²) in [5.41, 5.74) is 0. The molecular formula is C18H35N. The summed E-state index contributed by atoms with van der Waals surface area (Å²) in [7, 11) is 0. The lowest BCUT2D eigenvalue weighted by Gasteiger charge is -2.37. The molecular weight excluding hydrogens is 230 g/mol. The van der Waals surface area contributed by atoms with Crippen LogP contribution in [0.3, 0.4) is 0 Å². The van der Waals surface area contributed by atoms with Gasteiger partial charge in [-0.3, -0.25) is 0 Å². The summed E-state index contributed by atoms with van der Waals surface area (Å²) in [5, 5.41) is 3.71. The van der Waals surface area contributed by atoms with Gasteiger partial charge in [0.1, 0.15) is 0 Å². The largest absolute Gasteiger partial charge is 0.316 e. The van der Waals surface area contributed by atoms with Crippen molar-refractivity contribution in [2.75, 3.05) is 13.1 Å². The second-order valence-corrected chi connectivity index (χ2v) is 7.30. The molecule has 0 radical (unpaired) electrons. The molecule has 0 bridgehead atoms. The summed E-state index contributed by atoms with van der Waals surface area (Å²) in [6.45, 7) is 7.27. The summed E-state index contributed by atoms with van der Waals surface area (Å²) in [5.74, 6) is 4.06. The highest BCUT2D eigenvalue weighted by molar-refractivity contribution is 4.84. The highest BCUT2D eigenvalue weighted by Gasteiger charge is 2.32. The zero-order valence-corrected chi connectivity index (χ0v) is 13.3. The fourth-order valence-corrected chi connectivity index (χ4v) is 4.62. The van der Waals surface area contributed by atoms with Crippen molar-refractivity contribution in [3.8, 4) is 0 Å². The smallest absolute Gasteiger partial charge is 0.00178 e. The Morgan fingerprint density at radius 3 is 2.58 bits per heavy atom. The first-order chi connectivity index (χ1) is 9.31. The van der Waals surface area contributed by atoms with E-state index >= 15 is 0 Å². The molecule has 0 saturated heterocycles. The van der Waals surface area contributed by atoms with Gasteiger partial charge in [-0.15, -0.1) is 0 Å². The van der Waals surface area contributed by atoms with Crippen LogP contribution in [0.25, 0.3) is 0 Å². The Hall–Kier alpha value is -0.0400.